The average Bonchev–Trinajstić information content (AvgIpc) is 3.27. The first-order valence-corrected chi connectivity index (χ1v) is 7.27. The van der Waals surface area contributed by atoms with Crippen molar-refractivity contribution in [3.05, 3.63) is 33.4 Å². The molecule has 2 rings (SSSR count). The molecule has 0 aromatic heterocycles. The van der Waals surface area contributed by atoms with Gasteiger partial charge in [0, 0.05) is 9.49 Å². The van der Waals surface area contributed by atoms with Crippen molar-refractivity contribution in [2.45, 2.75) is 12.8 Å². The lowest BCUT2D eigenvalue weighted by molar-refractivity contribution is -0.129. The van der Waals surface area contributed by atoms with Gasteiger partial charge >= 0.3 is 0 Å². The lowest BCUT2D eigenvalue weighted by atomic mass is 10.2. The fourth-order valence-electron chi connectivity index (χ4n) is 1.52. The molecule has 0 spiro atoms. The van der Waals surface area contributed by atoms with Gasteiger partial charge in [0.05, 0.1) is 12.1 Å². The predicted molar refractivity (Wildman–Crippen MR) is 80.5 cm³/mol. The van der Waals surface area contributed by atoms with Crippen LogP contribution < -0.4 is 16.2 Å². The first-order chi connectivity index (χ1) is 9.58. The minimum Gasteiger partial charge on any atom is -0.343 e. The van der Waals surface area contributed by atoms with E-state index in [-0.39, 0.29) is 24.3 Å². The molecule has 0 heterocycles. The van der Waals surface area contributed by atoms with Crippen molar-refractivity contribution in [1.29, 1.82) is 0 Å². The van der Waals surface area contributed by atoms with E-state index in [4.69, 9.17) is 0 Å². The number of hydrogen-bond donors (Lipinski definition) is 3. The first kappa shape index (κ1) is 14.8. The van der Waals surface area contributed by atoms with Gasteiger partial charge in [-0.2, -0.15) is 0 Å². The highest BCUT2D eigenvalue weighted by Gasteiger charge is 2.29. The zero-order valence-electron chi connectivity index (χ0n) is 10.6. The van der Waals surface area contributed by atoms with Crippen LogP contribution >= 0.6 is 22.6 Å². The molecule has 1 aliphatic carbocycles. The summed E-state index contributed by atoms with van der Waals surface area (Å²) in [5, 5.41) is 2.50. The van der Waals surface area contributed by atoms with Crippen LogP contribution in [0.25, 0.3) is 0 Å². The van der Waals surface area contributed by atoms with E-state index in [0.29, 0.717) is 5.56 Å². The van der Waals surface area contributed by atoms with Crippen LogP contribution in [0.5, 0.6) is 0 Å². The summed E-state index contributed by atoms with van der Waals surface area (Å²) in [6.07, 6.45) is 1.73. The quantitative estimate of drug-likeness (QED) is 0.522. The molecule has 7 heteroatoms. The summed E-state index contributed by atoms with van der Waals surface area (Å²) < 4.78 is 0.810. The van der Waals surface area contributed by atoms with Crippen molar-refractivity contribution in [1.82, 2.24) is 16.2 Å². The highest BCUT2D eigenvalue weighted by molar-refractivity contribution is 14.1. The monoisotopic (exact) mass is 387 g/mol. The van der Waals surface area contributed by atoms with Crippen LogP contribution in [0.1, 0.15) is 23.2 Å². The Morgan fingerprint density at radius 2 is 1.85 bits per heavy atom. The van der Waals surface area contributed by atoms with Gasteiger partial charge in [-0.05, 0) is 47.6 Å². The third-order valence-electron chi connectivity index (χ3n) is 2.80. The SMILES string of the molecule is O=C(CNC(=O)c1ccccc1I)NNC(=O)C1CC1. The number of hydrazine groups is 1. The molecule has 6 nitrogen and oxygen atoms in total. The van der Waals surface area contributed by atoms with E-state index in [1.54, 1.807) is 12.1 Å². The zero-order valence-corrected chi connectivity index (χ0v) is 12.8. The molecule has 0 aliphatic heterocycles. The van der Waals surface area contributed by atoms with Crippen LogP contribution in [0.15, 0.2) is 24.3 Å². The lowest BCUT2D eigenvalue weighted by Crippen LogP contribution is -2.46. The number of amides is 3. The Morgan fingerprint density at radius 1 is 1.15 bits per heavy atom. The van der Waals surface area contributed by atoms with Gasteiger partial charge in [-0.15, -0.1) is 0 Å². The number of benzene rings is 1. The van der Waals surface area contributed by atoms with Gasteiger partial charge < -0.3 is 5.32 Å². The maximum absolute atomic E-state index is 11.8. The van der Waals surface area contributed by atoms with Crippen molar-refractivity contribution < 1.29 is 14.4 Å². The van der Waals surface area contributed by atoms with E-state index in [2.05, 4.69) is 38.8 Å². The van der Waals surface area contributed by atoms with E-state index < -0.39 is 5.91 Å². The molecule has 1 aliphatic rings. The normalized spacial score (nSPS) is 13.4. The van der Waals surface area contributed by atoms with Crippen LogP contribution in [-0.4, -0.2) is 24.3 Å². The average molecular weight is 387 g/mol. The Labute approximate surface area is 129 Å². The second-order valence-electron chi connectivity index (χ2n) is 4.47. The maximum atomic E-state index is 11.8. The molecule has 1 fully saturated rings. The molecule has 1 aromatic rings. The molecule has 1 saturated carbocycles. The van der Waals surface area contributed by atoms with Crippen molar-refractivity contribution in [2.75, 3.05) is 6.54 Å². The van der Waals surface area contributed by atoms with Gasteiger partial charge in [-0.3, -0.25) is 25.2 Å². The summed E-state index contributed by atoms with van der Waals surface area (Å²) >= 11 is 2.05. The van der Waals surface area contributed by atoms with Crippen LogP contribution in [-0.2, 0) is 9.59 Å². The molecular formula is C13H14IN3O3. The molecule has 3 amide bonds. The predicted octanol–water partition coefficient (Wildman–Crippen LogP) is 0.578. The van der Waals surface area contributed by atoms with Crippen molar-refractivity contribution in [2.24, 2.45) is 5.92 Å². The molecule has 106 valence electrons. The second kappa shape index (κ2) is 6.69. The lowest BCUT2D eigenvalue weighted by Gasteiger charge is -2.08. The standard InChI is InChI=1S/C13H14IN3O3/c14-10-4-2-1-3-9(10)13(20)15-7-11(18)16-17-12(19)8-5-6-8/h1-4,8H,5-7H2,(H,15,20)(H,16,18)(H,17,19). The summed E-state index contributed by atoms with van der Waals surface area (Å²) in [5.74, 6) is -0.935. The maximum Gasteiger partial charge on any atom is 0.257 e. The Balaban J connectivity index is 1.74. The Bertz CT molecular complexity index is 543. The molecule has 0 saturated heterocycles. The largest absolute Gasteiger partial charge is 0.343 e. The van der Waals surface area contributed by atoms with E-state index in [9.17, 15) is 14.4 Å². The molecule has 0 radical (unpaired) electrons. The first-order valence-electron chi connectivity index (χ1n) is 6.19. The van der Waals surface area contributed by atoms with Gasteiger partial charge in [-0.1, -0.05) is 12.1 Å². The molecule has 3 N–H and O–H groups in total. The Hall–Kier alpha value is -1.64. The second-order valence-corrected chi connectivity index (χ2v) is 5.64. The van der Waals surface area contributed by atoms with Crippen molar-refractivity contribution in [3.8, 4) is 0 Å². The van der Waals surface area contributed by atoms with Crippen molar-refractivity contribution >= 4 is 40.3 Å². The summed E-state index contributed by atoms with van der Waals surface area (Å²) in [6, 6.07) is 7.08. The van der Waals surface area contributed by atoms with Crippen LogP contribution in [0.4, 0.5) is 0 Å². The summed E-state index contributed by atoms with van der Waals surface area (Å²) in [4.78, 5) is 34.6. The van der Waals surface area contributed by atoms with Gasteiger partial charge in [0.2, 0.25) is 5.91 Å². The van der Waals surface area contributed by atoms with E-state index >= 15 is 0 Å². The van der Waals surface area contributed by atoms with Crippen LogP contribution in [0.3, 0.4) is 0 Å². The third-order valence-corrected chi connectivity index (χ3v) is 3.74. The van der Waals surface area contributed by atoms with Gasteiger partial charge in [0.1, 0.15) is 0 Å². The smallest absolute Gasteiger partial charge is 0.257 e. The van der Waals surface area contributed by atoms with Gasteiger partial charge in [0.15, 0.2) is 0 Å². The third kappa shape index (κ3) is 4.19. The zero-order chi connectivity index (χ0) is 14.5. The van der Waals surface area contributed by atoms with E-state index in [0.717, 1.165) is 16.4 Å². The van der Waals surface area contributed by atoms with E-state index in [1.807, 2.05) is 12.1 Å². The highest BCUT2D eigenvalue weighted by Crippen LogP contribution is 2.28. The number of nitrogens with one attached hydrogen (secondary N) is 3. The molecule has 20 heavy (non-hydrogen) atoms. The number of halogens is 1. The number of carbonyl (C=O) groups excluding carboxylic acids is 3. The Kier molecular flexibility index (Phi) is 4.94. The summed E-state index contributed by atoms with van der Waals surface area (Å²) in [6.45, 7) is -0.186. The molecular weight excluding hydrogens is 373 g/mol. The number of hydrogen-bond acceptors (Lipinski definition) is 3. The molecule has 1 aromatic carbocycles. The summed E-state index contributed by atoms with van der Waals surface area (Å²) in [7, 11) is 0. The van der Waals surface area contributed by atoms with E-state index in [1.165, 1.54) is 0 Å². The number of rotatable bonds is 4. The van der Waals surface area contributed by atoms with Crippen molar-refractivity contribution in [3.63, 3.8) is 0 Å². The molecule has 0 atom stereocenters. The van der Waals surface area contributed by atoms with Crippen LogP contribution in [0, 0.1) is 9.49 Å². The Morgan fingerprint density at radius 3 is 2.50 bits per heavy atom. The fraction of sp³-hybridized carbons (Fsp3) is 0.308. The fourth-order valence-corrected chi connectivity index (χ4v) is 2.16. The molecule has 0 bridgehead atoms. The van der Waals surface area contributed by atoms with Gasteiger partial charge in [-0.25, -0.2) is 0 Å². The number of carbonyl (C=O) groups is 3. The van der Waals surface area contributed by atoms with Gasteiger partial charge in [0.25, 0.3) is 11.8 Å². The molecule has 0 unspecified atom stereocenters. The minimum absolute atomic E-state index is 0.0239. The topological polar surface area (TPSA) is 87.3 Å². The minimum atomic E-state index is -0.460. The summed E-state index contributed by atoms with van der Waals surface area (Å²) in [5.41, 5.74) is 5.11. The highest BCUT2D eigenvalue weighted by atomic mass is 127. The van der Waals surface area contributed by atoms with Crippen LogP contribution in [0.2, 0.25) is 0 Å².